The zero-order chi connectivity index (χ0) is 11.2. The minimum Gasteiger partial charge on any atom is -0.323 e. The molecule has 0 aliphatic carbocycles. The summed E-state index contributed by atoms with van der Waals surface area (Å²) in [4.78, 5) is 29.0. The van der Waals surface area contributed by atoms with Crippen molar-refractivity contribution < 1.29 is 4.79 Å². The average Bonchev–Trinajstić information content (AvgIpc) is 2.38. The Balaban J connectivity index is 2.58. The number of carbonyl (C=O) groups excluding carboxylic acids is 1. The van der Waals surface area contributed by atoms with Crippen LogP contribution in [0.5, 0.6) is 0 Å². The Kier molecular flexibility index (Phi) is 1.92. The van der Waals surface area contributed by atoms with E-state index in [4.69, 9.17) is 0 Å². The molecule has 0 spiro atoms. The van der Waals surface area contributed by atoms with Crippen LogP contribution in [0.3, 0.4) is 0 Å². The topological polar surface area (TPSA) is 74.8 Å². The lowest BCUT2D eigenvalue weighted by molar-refractivity contribution is -0.119. The van der Waals surface area contributed by atoms with E-state index in [1.807, 2.05) is 20.8 Å². The number of hydrogen-bond donors (Lipinski definition) is 2. The smallest absolute Gasteiger partial charge is 0.323 e. The number of amides is 1. The van der Waals surface area contributed by atoms with Gasteiger partial charge in [0, 0.05) is 0 Å². The van der Waals surface area contributed by atoms with Crippen LogP contribution in [0.2, 0.25) is 0 Å². The number of H-pyrrole nitrogens is 1. The molecule has 0 aromatic carbocycles. The fourth-order valence-corrected chi connectivity index (χ4v) is 1.90. The van der Waals surface area contributed by atoms with Gasteiger partial charge >= 0.3 is 5.69 Å². The first-order valence-electron chi connectivity index (χ1n) is 4.79. The van der Waals surface area contributed by atoms with Gasteiger partial charge in [-0.25, -0.2) is 4.79 Å². The Hall–Kier alpha value is -1.65. The summed E-state index contributed by atoms with van der Waals surface area (Å²) < 4.78 is 0. The van der Waals surface area contributed by atoms with E-state index in [0.29, 0.717) is 11.4 Å². The van der Waals surface area contributed by atoms with Gasteiger partial charge < -0.3 is 10.3 Å². The molecule has 80 valence electrons. The second-order valence-corrected chi connectivity index (χ2v) is 4.80. The van der Waals surface area contributed by atoms with Gasteiger partial charge in [0.1, 0.15) is 0 Å². The van der Waals surface area contributed by atoms with E-state index in [9.17, 15) is 9.59 Å². The lowest BCUT2D eigenvalue weighted by Crippen LogP contribution is -2.26. The molecule has 0 radical (unpaired) electrons. The van der Waals surface area contributed by atoms with Crippen LogP contribution in [0.1, 0.15) is 32.4 Å². The monoisotopic (exact) mass is 207 g/mol. The quantitative estimate of drug-likeness (QED) is 0.662. The largest absolute Gasteiger partial charge is 0.345 e. The summed E-state index contributed by atoms with van der Waals surface area (Å²) >= 11 is 0. The van der Waals surface area contributed by atoms with Gasteiger partial charge in [-0.15, -0.1) is 0 Å². The summed E-state index contributed by atoms with van der Waals surface area (Å²) in [5, 5.41) is 2.71. The molecule has 0 fully saturated rings. The van der Waals surface area contributed by atoms with Crippen molar-refractivity contribution in [3.8, 4) is 0 Å². The number of aromatic nitrogens is 2. The third-order valence-electron chi connectivity index (χ3n) is 2.52. The van der Waals surface area contributed by atoms with E-state index in [1.165, 1.54) is 6.20 Å². The van der Waals surface area contributed by atoms with Gasteiger partial charge in [0.25, 0.3) is 0 Å². The van der Waals surface area contributed by atoms with E-state index in [2.05, 4.69) is 15.3 Å². The van der Waals surface area contributed by atoms with Crippen molar-refractivity contribution in [3.05, 3.63) is 22.4 Å². The van der Waals surface area contributed by atoms with Crippen LogP contribution in [0.15, 0.2) is 11.0 Å². The predicted molar refractivity (Wildman–Crippen MR) is 55.7 cm³/mol. The Morgan fingerprint density at radius 1 is 1.33 bits per heavy atom. The Bertz CT molecular complexity index is 470. The summed E-state index contributed by atoms with van der Waals surface area (Å²) in [5.74, 6) is -0.399. The van der Waals surface area contributed by atoms with Crippen molar-refractivity contribution in [1.82, 2.24) is 9.97 Å². The number of rotatable bonds is 0. The second-order valence-electron chi connectivity index (χ2n) is 4.80. The van der Waals surface area contributed by atoms with E-state index < -0.39 is 5.69 Å². The molecule has 1 unspecified atom stereocenters. The summed E-state index contributed by atoms with van der Waals surface area (Å²) in [6.07, 6.45) is 1.40. The van der Waals surface area contributed by atoms with E-state index in [1.54, 1.807) is 0 Å². The Morgan fingerprint density at radius 3 is 2.60 bits per heavy atom. The number of aromatic amines is 1. The van der Waals surface area contributed by atoms with Crippen molar-refractivity contribution in [2.75, 3.05) is 5.32 Å². The van der Waals surface area contributed by atoms with Crippen molar-refractivity contribution in [2.45, 2.75) is 26.7 Å². The van der Waals surface area contributed by atoms with Crippen molar-refractivity contribution in [2.24, 2.45) is 5.41 Å². The highest BCUT2D eigenvalue weighted by atomic mass is 16.2. The molecule has 2 rings (SSSR count). The van der Waals surface area contributed by atoms with E-state index in [0.717, 1.165) is 0 Å². The SMILES string of the molecule is CC(C)(C)C1C(=O)Nc2cnc(=O)[nH]c21. The lowest BCUT2D eigenvalue weighted by Gasteiger charge is -2.24. The number of carbonyl (C=O) groups is 1. The average molecular weight is 207 g/mol. The zero-order valence-electron chi connectivity index (χ0n) is 8.92. The predicted octanol–water partition coefficient (Wildman–Crippen LogP) is 0.852. The molecule has 5 heteroatoms. The van der Waals surface area contributed by atoms with Crippen LogP contribution < -0.4 is 11.0 Å². The number of hydrogen-bond acceptors (Lipinski definition) is 3. The fraction of sp³-hybridized carbons (Fsp3) is 0.500. The highest BCUT2D eigenvalue weighted by Gasteiger charge is 2.40. The van der Waals surface area contributed by atoms with E-state index >= 15 is 0 Å². The van der Waals surface area contributed by atoms with Crippen LogP contribution in [0.4, 0.5) is 5.69 Å². The molecule has 1 atom stereocenters. The standard InChI is InChI=1S/C10H13N3O2/c1-10(2,3)6-7-5(12-8(6)14)4-11-9(15)13-7/h4,6H,1-3H3,(H,12,14)(H,11,13,15). The number of fused-ring (bicyclic) bond motifs is 1. The minimum absolute atomic E-state index is 0.0823. The molecular weight excluding hydrogens is 194 g/mol. The summed E-state index contributed by atoms with van der Waals surface area (Å²) in [5.41, 5.74) is 0.617. The van der Waals surface area contributed by atoms with Crippen LogP contribution in [0.25, 0.3) is 0 Å². The zero-order valence-corrected chi connectivity index (χ0v) is 8.92. The highest BCUT2D eigenvalue weighted by molar-refractivity contribution is 6.02. The van der Waals surface area contributed by atoms with Crippen LogP contribution >= 0.6 is 0 Å². The van der Waals surface area contributed by atoms with Gasteiger partial charge in [-0.3, -0.25) is 4.79 Å². The Morgan fingerprint density at radius 2 is 2.00 bits per heavy atom. The molecule has 2 N–H and O–H groups in total. The molecule has 1 aliphatic rings. The van der Waals surface area contributed by atoms with E-state index in [-0.39, 0.29) is 17.2 Å². The maximum Gasteiger partial charge on any atom is 0.345 e. The van der Waals surface area contributed by atoms with Gasteiger partial charge in [0.15, 0.2) is 0 Å². The molecule has 5 nitrogen and oxygen atoms in total. The number of nitrogens with one attached hydrogen (secondary N) is 2. The lowest BCUT2D eigenvalue weighted by atomic mass is 9.79. The van der Waals surface area contributed by atoms with Gasteiger partial charge in [-0.2, -0.15) is 4.98 Å². The van der Waals surface area contributed by atoms with Crippen molar-refractivity contribution in [3.63, 3.8) is 0 Å². The summed E-state index contributed by atoms with van der Waals surface area (Å²) in [7, 11) is 0. The molecule has 15 heavy (non-hydrogen) atoms. The van der Waals surface area contributed by atoms with Crippen LogP contribution in [-0.2, 0) is 4.79 Å². The highest BCUT2D eigenvalue weighted by Crippen LogP contribution is 2.41. The normalized spacial score (nSPS) is 19.9. The van der Waals surface area contributed by atoms with Crippen molar-refractivity contribution >= 4 is 11.6 Å². The minimum atomic E-state index is -0.417. The molecule has 1 aromatic heterocycles. The molecule has 1 aliphatic heterocycles. The van der Waals surface area contributed by atoms with Gasteiger partial charge in [-0.05, 0) is 5.41 Å². The number of anilines is 1. The molecular formula is C10H13N3O2. The van der Waals surface area contributed by atoms with Crippen LogP contribution in [-0.4, -0.2) is 15.9 Å². The summed E-state index contributed by atoms with van der Waals surface area (Å²) in [6.45, 7) is 5.89. The molecule has 0 saturated carbocycles. The molecule has 1 aromatic rings. The van der Waals surface area contributed by atoms with Gasteiger partial charge in [0.05, 0.1) is 23.5 Å². The summed E-state index contributed by atoms with van der Waals surface area (Å²) in [6, 6.07) is 0. The third kappa shape index (κ3) is 1.54. The number of nitrogens with zero attached hydrogens (tertiary/aromatic N) is 1. The first kappa shape index (κ1) is 9.89. The third-order valence-corrected chi connectivity index (χ3v) is 2.52. The molecule has 1 amide bonds. The fourth-order valence-electron chi connectivity index (χ4n) is 1.90. The maximum absolute atomic E-state index is 11.7. The van der Waals surface area contributed by atoms with Gasteiger partial charge in [-0.1, -0.05) is 20.8 Å². The second kappa shape index (κ2) is 2.92. The first-order valence-corrected chi connectivity index (χ1v) is 4.79. The first-order chi connectivity index (χ1) is 6.89. The maximum atomic E-state index is 11.7. The molecule has 2 heterocycles. The molecule has 0 bridgehead atoms. The van der Waals surface area contributed by atoms with Crippen LogP contribution in [0, 0.1) is 5.41 Å². The van der Waals surface area contributed by atoms with Crippen molar-refractivity contribution in [1.29, 1.82) is 0 Å². The Labute approximate surface area is 86.9 Å². The molecule has 0 saturated heterocycles. The van der Waals surface area contributed by atoms with Gasteiger partial charge in [0.2, 0.25) is 5.91 Å².